The second-order valence-electron chi connectivity index (χ2n) is 5.08. The first-order chi connectivity index (χ1) is 9.82. The third kappa shape index (κ3) is 3.31. The molecule has 1 unspecified atom stereocenters. The molecule has 2 N–H and O–H groups in total. The van der Waals surface area contributed by atoms with E-state index in [4.69, 9.17) is 5.73 Å². The lowest BCUT2D eigenvalue weighted by Gasteiger charge is -2.18. The maximum absolute atomic E-state index is 12.6. The molecule has 0 aliphatic rings. The van der Waals surface area contributed by atoms with Crippen molar-refractivity contribution in [3.63, 3.8) is 0 Å². The maximum atomic E-state index is 12.6. The fourth-order valence-electron chi connectivity index (χ4n) is 1.97. The molecule has 1 atom stereocenters. The first kappa shape index (κ1) is 15.7. The van der Waals surface area contributed by atoms with E-state index in [-0.39, 0.29) is 17.5 Å². The van der Waals surface area contributed by atoms with Crippen LogP contribution >= 0.6 is 0 Å². The second-order valence-corrected chi connectivity index (χ2v) is 7.12. The van der Waals surface area contributed by atoms with Crippen LogP contribution in [-0.4, -0.2) is 29.3 Å². The quantitative estimate of drug-likeness (QED) is 0.901. The Morgan fingerprint density at radius 2 is 2.14 bits per heavy atom. The largest absolute Gasteiger partial charge is 0.337 e. The number of aryl methyl sites for hydroxylation is 1. The number of benzene rings is 1. The van der Waals surface area contributed by atoms with E-state index in [1.165, 1.54) is 4.31 Å². The molecule has 2 rings (SSSR count). The molecule has 21 heavy (non-hydrogen) atoms. The molecule has 0 radical (unpaired) electrons. The summed E-state index contributed by atoms with van der Waals surface area (Å²) in [6, 6.07) is 6.52. The molecule has 0 aliphatic carbocycles. The fraction of sp³-hybridized carbons (Fsp3) is 0.357. The Kier molecular flexibility index (Phi) is 4.46. The smallest absolute Gasteiger partial charge is 0.243 e. The van der Waals surface area contributed by atoms with Crippen molar-refractivity contribution < 1.29 is 8.42 Å². The second kappa shape index (κ2) is 5.97. The average molecular weight is 308 g/mol. The molecule has 0 saturated heterocycles. The van der Waals surface area contributed by atoms with Gasteiger partial charge in [0, 0.05) is 32.5 Å². The minimum absolute atomic E-state index is 0.208. The average Bonchev–Trinajstić information content (AvgIpc) is 2.84. The first-order valence-corrected chi connectivity index (χ1v) is 8.04. The predicted octanol–water partition coefficient (Wildman–Crippen LogP) is 1.26. The van der Waals surface area contributed by atoms with Crippen LogP contribution in [0.15, 0.2) is 41.6 Å². The van der Waals surface area contributed by atoms with E-state index in [9.17, 15) is 8.42 Å². The summed E-state index contributed by atoms with van der Waals surface area (Å²) in [5, 5.41) is 0. The van der Waals surface area contributed by atoms with Gasteiger partial charge in [-0.1, -0.05) is 12.1 Å². The summed E-state index contributed by atoms with van der Waals surface area (Å²) in [4.78, 5) is 4.39. The molecule has 114 valence electrons. The van der Waals surface area contributed by atoms with Gasteiger partial charge >= 0.3 is 0 Å². The zero-order valence-electron chi connectivity index (χ0n) is 12.4. The van der Waals surface area contributed by atoms with Gasteiger partial charge in [0.15, 0.2) is 0 Å². The number of nitrogens with zero attached hydrogens (tertiary/aromatic N) is 3. The first-order valence-electron chi connectivity index (χ1n) is 6.60. The summed E-state index contributed by atoms with van der Waals surface area (Å²) in [6.45, 7) is 2.04. The van der Waals surface area contributed by atoms with Gasteiger partial charge < -0.3 is 10.3 Å². The third-order valence-electron chi connectivity index (χ3n) is 3.38. The molecule has 7 heteroatoms. The Hall–Kier alpha value is -1.70. The van der Waals surface area contributed by atoms with Crippen molar-refractivity contribution in [1.29, 1.82) is 0 Å². The number of aromatic nitrogens is 2. The summed E-state index contributed by atoms with van der Waals surface area (Å²) in [7, 11) is -0.186. The van der Waals surface area contributed by atoms with E-state index in [2.05, 4.69) is 4.98 Å². The van der Waals surface area contributed by atoms with Gasteiger partial charge in [0.25, 0.3) is 0 Å². The van der Waals surface area contributed by atoms with Crippen molar-refractivity contribution in [2.24, 2.45) is 12.8 Å². The molecule has 0 aliphatic heterocycles. The molecular weight excluding hydrogens is 288 g/mol. The van der Waals surface area contributed by atoms with E-state index in [1.807, 2.05) is 20.0 Å². The summed E-state index contributed by atoms with van der Waals surface area (Å²) >= 11 is 0. The topological polar surface area (TPSA) is 81.2 Å². The number of hydrogen-bond acceptors (Lipinski definition) is 4. The van der Waals surface area contributed by atoms with Gasteiger partial charge in [-0.15, -0.1) is 0 Å². The van der Waals surface area contributed by atoms with Crippen molar-refractivity contribution in [2.45, 2.75) is 24.4 Å². The Labute approximate surface area is 125 Å². The lowest BCUT2D eigenvalue weighted by molar-refractivity contribution is 0.451. The van der Waals surface area contributed by atoms with Crippen LogP contribution in [0.25, 0.3) is 0 Å². The van der Waals surface area contributed by atoms with Crippen LogP contribution in [0.1, 0.15) is 24.4 Å². The van der Waals surface area contributed by atoms with Crippen molar-refractivity contribution in [1.82, 2.24) is 13.9 Å². The molecule has 6 nitrogen and oxygen atoms in total. The molecule has 0 fully saturated rings. The van der Waals surface area contributed by atoms with Crippen LogP contribution in [-0.2, 0) is 23.6 Å². The molecule has 1 aromatic heterocycles. The van der Waals surface area contributed by atoms with Crippen molar-refractivity contribution >= 4 is 10.0 Å². The number of nitrogens with two attached hydrogens (primary N) is 1. The highest BCUT2D eigenvalue weighted by Crippen LogP contribution is 2.20. The Morgan fingerprint density at radius 1 is 1.43 bits per heavy atom. The Bertz CT molecular complexity index is 722. The van der Waals surface area contributed by atoms with Crippen LogP contribution in [0.3, 0.4) is 0 Å². The molecule has 2 aromatic rings. The molecule has 0 spiro atoms. The van der Waals surface area contributed by atoms with E-state index in [0.29, 0.717) is 5.82 Å². The summed E-state index contributed by atoms with van der Waals surface area (Å²) in [5.74, 6) is 0.685. The normalized spacial score (nSPS) is 13.6. The standard InChI is InChI=1S/C14H20N4O2S/c1-11(15)12-5-4-6-13(9-12)21(19,20)18(3)10-14-16-7-8-17(14)2/h4-9,11H,10,15H2,1-3H3. The minimum atomic E-state index is -3.56. The van der Waals surface area contributed by atoms with Crippen LogP contribution in [0.4, 0.5) is 0 Å². The lowest BCUT2D eigenvalue weighted by atomic mass is 10.1. The Morgan fingerprint density at radius 3 is 2.71 bits per heavy atom. The predicted molar refractivity (Wildman–Crippen MR) is 80.9 cm³/mol. The maximum Gasteiger partial charge on any atom is 0.243 e. The summed E-state index contributed by atoms with van der Waals surface area (Å²) in [6.07, 6.45) is 3.43. The highest BCUT2D eigenvalue weighted by atomic mass is 32.2. The van der Waals surface area contributed by atoms with Crippen LogP contribution in [0, 0.1) is 0 Å². The number of imidazole rings is 1. The highest BCUT2D eigenvalue weighted by molar-refractivity contribution is 7.89. The van der Waals surface area contributed by atoms with Gasteiger partial charge in [-0.3, -0.25) is 0 Å². The van der Waals surface area contributed by atoms with Crippen LogP contribution in [0.2, 0.25) is 0 Å². The fourth-order valence-corrected chi connectivity index (χ4v) is 3.15. The molecule has 0 saturated carbocycles. The van der Waals surface area contributed by atoms with Crippen molar-refractivity contribution in [3.05, 3.63) is 48.0 Å². The van der Waals surface area contributed by atoms with E-state index >= 15 is 0 Å². The number of sulfonamides is 1. The Balaban J connectivity index is 2.29. The van der Waals surface area contributed by atoms with E-state index < -0.39 is 10.0 Å². The molecular formula is C14H20N4O2S. The van der Waals surface area contributed by atoms with Gasteiger partial charge in [-0.25, -0.2) is 13.4 Å². The van der Waals surface area contributed by atoms with Gasteiger partial charge in [0.05, 0.1) is 11.4 Å². The van der Waals surface area contributed by atoms with Crippen LogP contribution < -0.4 is 5.73 Å². The zero-order valence-corrected chi connectivity index (χ0v) is 13.2. The van der Waals surface area contributed by atoms with E-state index in [0.717, 1.165) is 5.56 Å². The number of hydrogen-bond donors (Lipinski definition) is 1. The third-order valence-corrected chi connectivity index (χ3v) is 5.18. The van der Waals surface area contributed by atoms with E-state index in [1.54, 1.807) is 42.2 Å². The molecule has 1 aromatic carbocycles. The van der Waals surface area contributed by atoms with Crippen molar-refractivity contribution in [3.8, 4) is 0 Å². The van der Waals surface area contributed by atoms with Gasteiger partial charge in [-0.05, 0) is 24.6 Å². The molecule has 0 amide bonds. The molecule has 1 heterocycles. The monoisotopic (exact) mass is 308 g/mol. The van der Waals surface area contributed by atoms with Crippen molar-refractivity contribution in [2.75, 3.05) is 7.05 Å². The highest BCUT2D eigenvalue weighted by Gasteiger charge is 2.22. The SMILES string of the molecule is CC(N)c1cccc(S(=O)(=O)N(C)Cc2nccn2C)c1. The zero-order chi connectivity index (χ0) is 15.6. The van der Waals surface area contributed by atoms with Crippen LogP contribution in [0.5, 0.6) is 0 Å². The number of rotatable bonds is 5. The van der Waals surface area contributed by atoms with Gasteiger partial charge in [0.2, 0.25) is 10.0 Å². The summed E-state index contributed by atoms with van der Waals surface area (Å²) < 4.78 is 28.3. The summed E-state index contributed by atoms with van der Waals surface area (Å²) in [5.41, 5.74) is 6.60. The van der Waals surface area contributed by atoms with Gasteiger partial charge in [0.1, 0.15) is 5.82 Å². The molecule has 0 bridgehead atoms. The van der Waals surface area contributed by atoms with Gasteiger partial charge in [-0.2, -0.15) is 4.31 Å². The lowest BCUT2D eigenvalue weighted by Crippen LogP contribution is -2.28. The minimum Gasteiger partial charge on any atom is -0.337 e.